The molecular formula is C4H4Li2Sn. The van der Waals surface area contributed by atoms with Crippen LogP contribution in [0.25, 0.3) is 0 Å². The van der Waals surface area contributed by atoms with Gasteiger partial charge >= 0.3 is 41.5 Å². The van der Waals surface area contributed by atoms with Crippen molar-refractivity contribution in [2.75, 3.05) is 0 Å². The van der Waals surface area contributed by atoms with Gasteiger partial charge in [-0.15, -0.1) is 0 Å². The molecule has 0 atom stereocenters. The molecule has 0 aliphatic carbocycles. The standard InChI is InChI=1S/C4H4.2Li.Sn/c1-3-4-2;;;/h1-4H;;;. The molecule has 0 amide bonds. The van der Waals surface area contributed by atoms with Gasteiger partial charge in [0.2, 0.25) is 0 Å². The maximum absolute atomic E-state index is 2.30. The molecule has 0 saturated heterocycles. The Hall–Kier alpha value is 1.47. The second-order valence-corrected chi connectivity index (χ2v) is 3.74. The van der Waals surface area contributed by atoms with Crippen molar-refractivity contribution in [3.63, 3.8) is 0 Å². The topological polar surface area (TPSA) is 0 Å². The summed E-state index contributed by atoms with van der Waals surface area (Å²) in [5.41, 5.74) is 0. The Balaban J connectivity index is 0. The maximum Gasteiger partial charge on any atom is 0 e. The summed E-state index contributed by atoms with van der Waals surface area (Å²) >= 11 is -0.0322. The minimum Gasteiger partial charge on any atom is 0 e. The molecule has 1 aliphatic heterocycles. The molecule has 0 bridgehead atoms. The zero-order chi connectivity index (χ0) is 3.54. The molecule has 0 saturated carbocycles. The summed E-state index contributed by atoms with van der Waals surface area (Å²) in [4.78, 5) is 0. The average molecular weight is 185 g/mol. The van der Waals surface area contributed by atoms with Gasteiger partial charge in [0.15, 0.2) is 0 Å². The van der Waals surface area contributed by atoms with E-state index in [4.69, 9.17) is 0 Å². The van der Waals surface area contributed by atoms with Gasteiger partial charge in [-0.2, -0.15) is 0 Å². The fourth-order valence-corrected chi connectivity index (χ4v) is 1.86. The first-order valence-corrected chi connectivity index (χ1v) is 4.87. The minimum absolute atomic E-state index is 0. The molecule has 0 aromatic heterocycles. The fraction of sp³-hybridized carbons (Fsp3) is 0. The van der Waals surface area contributed by atoms with Crippen LogP contribution in [0, 0.1) is 0 Å². The minimum atomic E-state index is -0.0322. The van der Waals surface area contributed by atoms with Crippen molar-refractivity contribution >= 4 is 58.9 Å². The van der Waals surface area contributed by atoms with Crippen LogP contribution in [0.4, 0.5) is 0 Å². The Kier molecular flexibility index (Phi) is 12.1. The monoisotopic (exact) mass is 186 g/mol. The van der Waals surface area contributed by atoms with Crippen LogP contribution in [0.15, 0.2) is 20.3 Å². The van der Waals surface area contributed by atoms with Crippen molar-refractivity contribution in [2.24, 2.45) is 0 Å². The smallest absolute Gasteiger partial charge is 0 e. The first-order valence-electron chi connectivity index (χ1n) is 1.58. The van der Waals surface area contributed by atoms with E-state index in [0.29, 0.717) is 0 Å². The summed E-state index contributed by atoms with van der Waals surface area (Å²) in [6.07, 6.45) is 4.26. The van der Waals surface area contributed by atoms with Crippen molar-refractivity contribution in [1.29, 1.82) is 0 Å². The summed E-state index contributed by atoms with van der Waals surface area (Å²) in [7, 11) is 0. The predicted molar refractivity (Wildman–Crippen MR) is 35.5 cm³/mol. The summed E-state index contributed by atoms with van der Waals surface area (Å²) in [5.74, 6) is 0. The van der Waals surface area contributed by atoms with Gasteiger partial charge in [-0.05, 0) is 0 Å². The SMILES string of the molecule is C1=[CH][Sn][CH]=C1.[Li].[Li]. The molecule has 1 rings (SSSR count). The van der Waals surface area contributed by atoms with Crippen molar-refractivity contribution in [1.82, 2.24) is 0 Å². The zero-order valence-corrected chi connectivity index (χ0v) is 7.66. The molecule has 0 spiro atoms. The van der Waals surface area contributed by atoms with Crippen molar-refractivity contribution in [3.8, 4) is 0 Å². The Morgan fingerprint density at radius 1 is 0.857 bits per heavy atom. The van der Waals surface area contributed by atoms with Gasteiger partial charge in [0, 0.05) is 37.7 Å². The Labute approximate surface area is 78.4 Å². The van der Waals surface area contributed by atoms with Crippen LogP contribution in [0.5, 0.6) is 0 Å². The van der Waals surface area contributed by atoms with Crippen LogP contribution in [-0.4, -0.2) is 58.9 Å². The van der Waals surface area contributed by atoms with Gasteiger partial charge in [0.1, 0.15) is 0 Å². The van der Waals surface area contributed by atoms with Gasteiger partial charge < -0.3 is 0 Å². The van der Waals surface area contributed by atoms with E-state index in [9.17, 15) is 0 Å². The molecule has 1 heterocycles. The van der Waals surface area contributed by atoms with E-state index >= 15 is 0 Å². The largest absolute Gasteiger partial charge is 0 e. The summed E-state index contributed by atoms with van der Waals surface area (Å²) in [6.45, 7) is 0. The second kappa shape index (κ2) is 7.47. The van der Waals surface area contributed by atoms with E-state index in [1.165, 1.54) is 0 Å². The molecule has 4 radical (unpaired) electrons. The molecule has 3 heteroatoms. The normalized spacial score (nSPS) is 12.6. The van der Waals surface area contributed by atoms with E-state index < -0.39 is 0 Å². The predicted octanol–water partition coefficient (Wildman–Crippen LogP) is -0.0300. The Morgan fingerprint density at radius 2 is 1.29 bits per heavy atom. The van der Waals surface area contributed by atoms with Crippen LogP contribution in [0.2, 0.25) is 0 Å². The third kappa shape index (κ3) is 5.34. The van der Waals surface area contributed by atoms with Gasteiger partial charge in [-0.25, -0.2) is 0 Å². The summed E-state index contributed by atoms with van der Waals surface area (Å²) < 4.78 is 4.59. The van der Waals surface area contributed by atoms with E-state index in [-0.39, 0.29) is 58.9 Å². The molecule has 1 aliphatic rings. The van der Waals surface area contributed by atoms with Gasteiger partial charge in [0.25, 0.3) is 0 Å². The third-order valence-electron chi connectivity index (χ3n) is 0.496. The maximum atomic E-state index is 2.30. The van der Waals surface area contributed by atoms with Crippen LogP contribution in [0.1, 0.15) is 0 Å². The molecule has 0 fully saturated rings. The van der Waals surface area contributed by atoms with Gasteiger partial charge in [-0.1, -0.05) is 0 Å². The fourth-order valence-electron chi connectivity index (χ4n) is 0.278. The van der Waals surface area contributed by atoms with E-state index in [1.807, 2.05) is 0 Å². The quantitative estimate of drug-likeness (QED) is 0.464. The third-order valence-corrected chi connectivity index (χ3v) is 2.69. The first-order chi connectivity index (χ1) is 2.50. The number of rotatable bonds is 0. The van der Waals surface area contributed by atoms with Crippen LogP contribution < -0.4 is 0 Å². The summed E-state index contributed by atoms with van der Waals surface area (Å²) in [5, 5.41) is 0. The zero-order valence-electron chi connectivity index (χ0n) is 4.81. The second-order valence-electron chi connectivity index (χ2n) is 0.885. The molecule has 0 aromatic rings. The van der Waals surface area contributed by atoms with Crippen LogP contribution in [-0.2, 0) is 0 Å². The van der Waals surface area contributed by atoms with E-state index in [0.717, 1.165) is 0 Å². The number of hydrogen-bond donors (Lipinski definition) is 0. The molecule has 7 heavy (non-hydrogen) atoms. The van der Waals surface area contributed by atoms with Crippen molar-refractivity contribution < 1.29 is 0 Å². The Bertz CT molecular complexity index is 67.8. The van der Waals surface area contributed by atoms with Crippen LogP contribution >= 0.6 is 0 Å². The average Bonchev–Trinajstić information content (AvgIpc) is 1.76. The molecule has 26 valence electrons. The number of hydrogen-bond acceptors (Lipinski definition) is 0. The van der Waals surface area contributed by atoms with Crippen LogP contribution in [0.3, 0.4) is 0 Å². The number of allylic oxidation sites excluding steroid dienone is 2. The Morgan fingerprint density at radius 3 is 1.43 bits per heavy atom. The molecule has 0 unspecified atom stereocenters. The van der Waals surface area contributed by atoms with Crippen molar-refractivity contribution in [3.05, 3.63) is 20.3 Å². The molecule has 0 aromatic carbocycles. The molecular weight excluding hydrogens is 181 g/mol. The van der Waals surface area contributed by atoms with Crippen molar-refractivity contribution in [2.45, 2.75) is 0 Å². The van der Waals surface area contributed by atoms with Gasteiger partial charge in [0.05, 0.1) is 0 Å². The molecule has 0 N–H and O–H groups in total. The van der Waals surface area contributed by atoms with E-state index in [2.05, 4.69) is 20.3 Å². The first kappa shape index (κ1) is 11.3. The van der Waals surface area contributed by atoms with Gasteiger partial charge in [-0.3, -0.25) is 0 Å². The molecule has 0 nitrogen and oxygen atoms in total. The van der Waals surface area contributed by atoms with E-state index in [1.54, 1.807) is 0 Å². The summed E-state index contributed by atoms with van der Waals surface area (Å²) in [6, 6.07) is 0.